The monoisotopic (exact) mass is 238 g/mol. The summed E-state index contributed by atoms with van der Waals surface area (Å²) in [7, 11) is 0. The van der Waals surface area contributed by atoms with Gasteiger partial charge in [0.2, 0.25) is 5.82 Å². The minimum atomic E-state index is -0.842. The highest BCUT2D eigenvalue weighted by Crippen LogP contribution is 2.30. The van der Waals surface area contributed by atoms with Crippen LogP contribution in [0, 0.1) is 15.9 Å². The maximum Gasteiger partial charge on any atom is 0.327 e. The van der Waals surface area contributed by atoms with Crippen LogP contribution < -0.4 is 5.32 Å². The lowest BCUT2D eigenvalue weighted by Gasteiger charge is -2.04. The highest BCUT2D eigenvalue weighted by molar-refractivity contribution is 7.08. The molecule has 0 aliphatic rings. The zero-order valence-corrected chi connectivity index (χ0v) is 8.83. The number of thiophene rings is 1. The second-order valence-electron chi connectivity index (χ2n) is 3.03. The van der Waals surface area contributed by atoms with Gasteiger partial charge in [0.25, 0.3) is 0 Å². The summed E-state index contributed by atoms with van der Waals surface area (Å²) in [5.41, 5.74) is 0.329. The Morgan fingerprint density at radius 1 is 1.38 bits per heavy atom. The molecule has 0 fully saturated rings. The van der Waals surface area contributed by atoms with Crippen LogP contribution in [-0.2, 0) is 0 Å². The van der Waals surface area contributed by atoms with Gasteiger partial charge >= 0.3 is 5.69 Å². The summed E-state index contributed by atoms with van der Waals surface area (Å²) >= 11 is 1.45. The molecule has 1 N–H and O–H groups in total. The average Bonchev–Trinajstić information content (AvgIpc) is 2.70. The third kappa shape index (κ3) is 2.01. The first-order chi connectivity index (χ1) is 7.68. The number of para-hydroxylation sites is 1. The molecule has 82 valence electrons. The molecule has 0 radical (unpaired) electrons. The minimum Gasteiger partial charge on any atom is -0.349 e. The van der Waals surface area contributed by atoms with Crippen molar-refractivity contribution in [3.05, 3.63) is 51.0 Å². The van der Waals surface area contributed by atoms with Gasteiger partial charge in [0.15, 0.2) is 0 Å². The molecule has 0 saturated carbocycles. The molecule has 0 atom stereocenters. The van der Waals surface area contributed by atoms with Crippen molar-refractivity contribution >= 4 is 28.4 Å². The van der Waals surface area contributed by atoms with Gasteiger partial charge in [0.1, 0.15) is 5.69 Å². The predicted molar refractivity (Wildman–Crippen MR) is 60.7 cm³/mol. The SMILES string of the molecule is O=[N+]([O-])c1c(F)cccc1Nc1ccsc1. The van der Waals surface area contributed by atoms with E-state index in [1.807, 2.05) is 5.38 Å². The first kappa shape index (κ1) is 10.6. The summed E-state index contributed by atoms with van der Waals surface area (Å²) in [6.45, 7) is 0. The number of hydrogen-bond donors (Lipinski definition) is 1. The number of halogens is 1. The number of nitrogens with zero attached hydrogens (tertiary/aromatic N) is 1. The van der Waals surface area contributed by atoms with E-state index >= 15 is 0 Å². The van der Waals surface area contributed by atoms with Crippen LogP contribution in [0.15, 0.2) is 35.0 Å². The van der Waals surface area contributed by atoms with E-state index in [0.717, 1.165) is 6.07 Å². The molecule has 0 aliphatic carbocycles. The molecule has 0 bridgehead atoms. The maximum absolute atomic E-state index is 13.3. The predicted octanol–water partition coefficient (Wildman–Crippen LogP) is 3.54. The average molecular weight is 238 g/mol. The molecular weight excluding hydrogens is 231 g/mol. The smallest absolute Gasteiger partial charge is 0.327 e. The molecule has 2 aromatic rings. The molecule has 0 amide bonds. The summed E-state index contributed by atoms with van der Waals surface area (Å²) in [5, 5.41) is 17.1. The second-order valence-corrected chi connectivity index (χ2v) is 3.81. The Balaban J connectivity index is 2.40. The first-order valence-electron chi connectivity index (χ1n) is 4.40. The summed E-state index contributed by atoms with van der Waals surface area (Å²) in [6, 6.07) is 5.73. The number of anilines is 2. The van der Waals surface area contributed by atoms with E-state index in [1.54, 1.807) is 11.4 Å². The van der Waals surface area contributed by atoms with Crippen molar-refractivity contribution in [3.63, 3.8) is 0 Å². The Hall–Kier alpha value is -1.95. The standard InChI is InChI=1S/C10H7FN2O2S/c11-8-2-1-3-9(10(8)13(14)15)12-7-4-5-16-6-7/h1-6,12H. The Kier molecular flexibility index (Phi) is 2.82. The van der Waals surface area contributed by atoms with Gasteiger partial charge in [-0.2, -0.15) is 15.7 Å². The largest absolute Gasteiger partial charge is 0.349 e. The van der Waals surface area contributed by atoms with Gasteiger partial charge in [-0.25, -0.2) is 0 Å². The third-order valence-electron chi connectivity index (χ3n) is 1.97. The van der Waals surface area contributed by atoms with Gasteiger partial charge in [-0.05, 0) is 23.6 Å². The van der Waals surface area contributed by atoms with E-state index < -0.39 is 16.4 Å². The van der Waals surface area contributed by atoms with Crippen molar-refractivity contribution in [3.8, 4) is 0 Å². The number of nitro groups is 1. The van der Waals surface area contributed by atoms with Gasteiger partial charge in [-0.1, -0.05) is 6.07 Å². The molecule has 0 saturated heterocycles. The number of nitro benzene ring substituents is 1. The Bertz CT molecular complexity index is 514. The van der Waals surface area contributed by atoms with Gasteiger partial charge in [-0.15, -0.1) is 0 Å². The van der Waals surface area contributed by atoms with Crippen LogP contribution in [0.4, 0.5) is 21.5 Å². The topological polar surface area (TPSA) is 55.2 Å². The van der Waals surface area contributed by atoms with Crippen molar-refractivity contribution < 1.29 is 9.31 Å². The Labute approximate surface area is 94.5 Å². The minimum absolute atomic E-state index is 0.156. The van der Waals surface area contributed by atoms with Crippen LogP contribution >= 0.6 is 11.3 Å². The third-order valence-corrected chi connectivity index (χ3v) is 2.65. The fourth-order valence-corrected chi connectivity index (χ4v) is 1.88. The molecule has 16 heavy (non-hydrogen) atoms. The van der Waals surface area contributed by atoms with Crippen LogP contribution in [0.25, 0.3) is 0 Å². The van der Waals surface area contributed by atoms with Crippen molar-refractivity contribution in [2.45, 2.75) is 0 Å². The fraction of sp³-hybridized carbons (Fsp3) is 0. The number of hydrogen-bond acceptors (Lipinski definition) is 4. The number of nitrogens with one attached hydrogen (secondary N) is 1. The van der Waals surface area contributed by atoms with Crippen LogP contribution in [-0.4, -0.2) is 4.92 Å². The normalized spacial score (nSPS) is 10.1. The van der Waals surface area contributed by atoms with Crippen molar-refractivity contribution in [2.75, 3.05) is 5.32 Å². The van der Waals surface area contributed by atoms with Crippen LogP contribution in [0.5, 0.6) is 0 Å². The molecule has 0 unspecified atom stereocenters. The summed E-state index contributed by atoms with van der Waals surface area (Å²) in [6.07, 6.45) is 0. The van der Waals surface area contributed by atoms with E-state index in [1.165, 1.54) is 23.5 Å². The highest BCUT2D eigenvalue weighted by Gasteiger charge is 2.19. The maximum atomic E-state index is 13.3. The second kappa shape index (κ2) is 4.28. The molecule has 0 spiro atoms. The molecular formula is C10H7FN2O2S. The Morgan fingerprint density at radius 3 is 2.81 bits per heavy atom. The van der Waals surface area contributed by atoms with E-state index in [2.05, 4.69) is 5.32 Å². The van der Waals surface area contributed by atoms with Crippen molar-refractivity contribution in [1.82, 2.24) is 0 Å². The molecule has 1 heterocycles. The van der Waals surface area contributed by atoms with Gasteiger partial charge < -0.3 is 5.32 Å². The molecule has 6 heteroatoms. The molecule has 1 aromatic heterocycles. The van der Waals surface area contributed by atoms with Gasteiger partial charge in [-0.3, -0.25) is 10.1 Å². The Morgan fingerprint density at radius 2 is 2.19 bits per heavy atom. The van der Waals surface area contributed by atoms with E-state index in [0.29, 0.717) is 5.69 Å². The van der Waals surface area contributed by atoms with E-state index in [-0.39, 0.29) is 5.69 Å². The molecule has 4 nitrogen and oxygen atoms in total. The lowest BCUT2D eigenvalue weighted by Crippen LogP contribution is -1.98. The quantitative estimate of drug-likeness (QED) is 0.657. The lowest BCUT2D eigenvalue weighted by molar-refractivity contribution is -0.386. The van der Waals surface area contributed by atoms with Gasteiger partial charge in [0, 0.05) is 11.1 Å². The summed E-state index contributed by atoms with van der Waals surface area (Å²) in [4.78, 5) is 9.97. The zero-order chi connectivity index (χ0) is 11.5. The molecule has 2 rings (SSSR count). The van der Waals surface area contributed by atoms with Crippen LogP contribution in [0.3, 0.4) is 0 Å². The fourth-order valence-electron chi connectivity index (χ4n) is 1.29. The number of benzene rings is 1. The van der Waals surface area contributed by atoms with Crippen molar-refractivity contribution in [2.24, 2.45) is 0 Å². The highest BCUT2D eigenvalue weighted by atomic mass is 32.1. The van der Waals surface area contributed by atoms with Crippen LogP contribution in [0.1, 0.15) is 0 Å². The summed E-state index contributed by atoms with van der Waals surface area (Å²) < 4.78 is 13.3. The van der Waals surface area contributed by atoms with Crippen molar-refractivity contribution in [1.29, 1.82) is 0 Å². The van der Waals surface area contributed by atoms with Gasteiger partial charge in [0.05, 0.1) is 4.92 Å². The first-order valence-corrected chi connectivity index (χ1v) is 5.35. The number of rotatable bonds is 3. The van der Waals surface area contributed by atoms with Crippen LogP contribution in [0.2, 0.25) is 0 Å². The van der Waals surface area contributed by atoms with E-state index in [9.17, 15) is 14.5 Å². The zero-order valence-electron chi connectivity index (χ0n) is 8.01. The molecule has 1 aromatic carbocycles. The lowest BCUT2D eigenvalue weighted by atomic mass is 10.2. The van der Waals surface area contributed by atoms with E-state index in [4.69, 9.17) is 0 Å². The summed E-state index contributed by atoms with van der Waals surface area (Å²) in [5.74, 6) is -0.842. The molecule has 0 aliphatic heterocycles.